The molecule has 0 amide bonds. The number of hydrogen-bond acceptors (Lipinski definition) is 5. The zero-order chi connectivity index (χ0) is 18.0. The summed E-state index contributed by atoms with van der Waals surface area (Å²) in [7, 11) is 0. The van der Waals surface area contributed by atoms with Crippen LogP contribution in [0.25, 0.3) is 0 Å². The van der Waals surface area contributed by atoms with Gasteiger partial charge in [0.05, 0.1) is 11.8 Å². The van der Waals surface area contributed by atoms with Crippen molar-refractivity contribution in [2.45, 2.75) is 32.4 Å². The van der Waals surface area contributed by atoms with Gasteiger partial charge in [0.25, 0.3) is 0 Å². The summed E-state index contributed by atoms with van der Waals surface area (Å²) in [6, 6.07) is 7.74. The predicted octanol–water partition coefficient (Wildman–Crippen LogP) is 2.92. The van der Waals surface area contributed by atoms with E-state index in [2.05, 4.69) is 9.89 Å². The van der Waals surface area contributed by atoms with Crippen LogP contribution in [-0.4, -0.2) is 40.7 Å². The molecule has 1 N–H and O–H groups in total. The molecule has 0 aliphatic carbocycles. The summed E-state index contributed by atoms with van der Waals surface area (Å²) >= 11 is 0. The Morgan fingerprint density at radius 2 is 2.12 bits per heavy atom. The maximum absolute atomic E-state index is 12.3. The van der Waals surface area contributed by atoms with Crippen molar-refractivity contribution in [2.75, 3.05) is 13.1 Å². The third kappa shape index (κ3) is 4.96. The third-order valence-electron chi connectivity index (χ3n) is 4.16. The van der Waals surface area contributed by atoms with E-state index in [9.17, 15) is 18.3 Å². The average molecular weight is 356 g/mol. The molecule has 0 saturated carbocycles. The van der Waals surface area contributed by atoms with Gasteiger partial charge in [-0.3, -0.25) is 4.90 Å². The van der Waals surface area contributed by atoms with Gasteiger partial charge < -0.3 is 14.4 Å². The second-order valence-electron chi connectivity index (χ2n) is 6.36. The first-order valence-corrected chi connectivity index (χ1v) is 7.96. The lowest BCUT2D eigenvalue weighted by atomic mass is 10.0. The van der Waals surface area contributed by atoms with Crippen molar-refractivity contribution in [3.63, 3.8) is 0 Å². The van der Waals surface area contributed by atoms with Crippen LogP contribution in [0.15, 0.2) is 34.9 Å². The van der Waals surface area contributed by atoms with Crippen LogP contribution in [0.2, 0.25) is 0 Å². The standard InChI is InChI=1S/C17H19F3N2O3/c1-11-5-15(25-21-11)7-13-9-22(10-16(13)23)8-12-3-2-4-14(6-12)24-17(18,19)20/h2-6,13,16,23H,7-10H2,1H3/t13-,16-/m1/s1. The van der Waals surface area contributed by atoms with Gasteiger partial charge in [-0.2, -0.15) is 0 Å². The van der Waals surface area contributed by atoms with Crippen molar-refractivity contribution in [1.29, 1.82) is 0 Å². The highest BCUT2D eigenvalue weighted by Crippen LogP contribution is 2.26. The molecule has 0 unspecified atom stereocenters. The minimum absolute atomic E-state index is 0.00181. The number of benzene rings is 1. The van der Waals surface area contributed by atoms with Gasteiger partial charge in [-0.1, -0.05) is 17.3 Å². The summed E-state index contributed by atoms with van der Waals surface area (Å²) in [4.78, 5) is 2.01. The number of rotatable bonds is 5. The smallest absolute Gasteiger partial charge is 0.406 e. The third-order valence-corrected chi connectivity index (χ3v) is 4.16. The van der Waals surface area contributed by atoms with Gasteiger partial charge in [0, 0.05) is 38.0 Å². The molecule has 2 aromatic rings. The fourth-order valence-electron chi connectivity index (χ4n) is 3.14. The number of aromatic nitrogens is 1. The van der Waals surface area contributed by atoms with Gasteiger partial charge in [0.15, 0.2) is 0 Å². The molecular formula is C17H19F3N2O3. The van der Waals surface area contributed by atoms with Crippen LogP contribution in [0.5, 0.6) is 5.75 Å². The Bertz CT molecular complexity index is 717. The van der Waals surface area contributed by atoms with Crippen molar-refractivity contribution >= 4 is 0 Å². The number of aliphatic hydroxyl groups excluding tert-OH is 1. The second-order valence-corrected chi connectivity index (χ2v) is 6.36. The molecule has 0 radical (unpaired) electrons. The van der Waals surface area contributed by atoms with E-state index >= 15 is 0 Å². The van der Waals surface area contributed by atoms with Gasteiger partial charge in [0.1, 0.15) is 11.5 Å². The Hall–Kier alpha value is -2.06. The van der Waals surface area contributed by atoms with E-state index in [4.69, 9.17) is 4.52 Å². The SMILES string of the molecule is Cc1cc(C[C@@H]2CN(Cc3cccc(OC(F)(F)F)c3)C[C@H]2O)on1. The Balaban J connectivity index is 1.59. The van der Waals surface area contributed by atoms with Gasteiger partial charge >= 0.3 is 6.36 Å². The molecule has 2 atom stereocenters. The Morgan fingerprint density at radius 3 is 2.80 bits per heavy atom. The van der Waals surface area contributed by atoms with Gasteiger partial charge in [-0.05, 0) is 24.6 Å². The van der Waals surface area contributed by atoms with E-state index in [1.54, 1.807) is 6.07 Å². The number of aryl methyl sites for hydroxylation is 1. The maximum atomic E-state index is 12.3. The molecule has 8 heteroatoms. The van der Waals surface area contributed by atoms with E-state index in [-0.39, 0.29) is 11.7 Å². The molecule has 25 heavy (non-hydrogen) atoms. The van der Waals surface area contributed by atoms with Crippen molar-refractivity contribution in [2.24, 2.45) is 5.92 Å². The molecule has 2 heterocycles. The van der Waals surface area contributed by atoms with Crippen LogP contribution in [0.1, 0.15) is 17.0 Å². The number of β-amino-alcohol motifs (C(OH)–C–C–N with tert-alkyl or cyclic N) is 1. The molecule has 1 aromatic heterocycles. The second kappa shape index (κ2) is 7.05. The summed E-state index contributed by atoms with van der Waals surface area (Å²) in [5.41, 5.74) is 1.49. The van der Waals surface area contributed by atoms with Gasteiger partial charge in [-0.25, -0.2) is 0 Å². The zero-order valence-corrected chi connectivity index (χ0v) is 13.7. The van der Waals surface area contributed by atoms with E-state index in [0.29, 0.717) is 31.6 Å². The average Bonchev–Trinajstić information content (AvgIpc) is 3.04. The van der Waals surface area contributed by atoms with Crippen molar-refractivity contribution in [1.82, 2.24) is 10.1 Å². The summed E-state index contributed by atoms with van der Waals surface area (Å²) in [6.07, 6.45) is -4.64. The predicted molar refractivity (Wildman–Crippen MR) is 82.8 cm³/mol. The Morgan fingerprint density at radius 1 is 1.32 bits per heavy atom. The molecule has 1 aliphatic rings. The molecular weight excluding hydrogens is 337 g/mol. The minimum Gasteiger partial charge on any atom is -0.406 e. The molecule has 1 aliphatic heterocycles. The number of nitrogens with zero attached hydrogens (tertiary/aromatic N) is 2. The van der Waals surface area contributed by atoms with Crippen LogP contribution < -0.4 is 4.74 Å². The highest BCUT2D eigenvalue weighted by molar-refractivity contribution is 5.28. The minimum atomic E-state index is -4.71. The molecule has 136 valence electrons. The Kier molecular flexibility index (Phi) is 5.01. The van der Waals surface area contributed by atoms with Crippen LogP contribution in [0.3, 0.4) is 0 Å². The number of hydrogen-bond donors (Lipinski definition) is 1. The largest absolute Gasteiger partial charge is 0.573 e. The number of likely N-dealkylation sites (tertiary alicyclic amines) is 1. The summed E-state index contributed by atoms with van der Waals surface area (Å²) in [5, 5.41) is 14.1. The van der Waals surface area contributed by atoms with Gasteiger partial charge in [0.2, 0.25) is 0 Å². The van der Waals surface area contributed by atoms with E-state index in [1.807, 2.05) is 17.9 Å². The van der Waals surface area contributed by atoms with Crippen LogP contribution in [0.4, 0.5) is 13.2 Å². The van der Waals surface area contributed by atoms with Crippen molar-refractivity contribution < 1.29 is 27.5 Å². The first kappa shape index (κ1) is 17.8. The normalized spacial score (nSPS) is 21.6. The lowest BCUT2D eigenvalue weighted by molar-refractivity contribution is -0.274. The molecule has 0 bridgehead atoms. The fourth-order valence-corrected chi connectivity index (χ4v) is 3.14. The van der Waals surface area contributed by atoms with E-state index < -0.39 is 12.5 Å². The number of ether oxygens (including phenoxy) is 1. The molecule has 1 aromatic carbocycles. The monoisotopic (exact) mass is 356 g/mol. The molecule has 1 fully saturated rings. The first-order chi connectivity index (χ1) is 11.8. The zero-order valence-electron chi connectivity index (χ0n) is 13.7. The molecule has 5 nitrogen and oxygen atoms in total. The lowest BCUT2D eigenvalue weighted by Gasteiger charge is -2.16. The quantitative estimate of drug-likeness (QED) is 0.893. The lowest BCUT2D eigenvalue weighted by Crippen LogP contribution is -2.21. The van der Waals surface area contributed by atoms with Crippen LogP contribution in [-0.2, 0) is 13.0 Å². The highest BCUT2D eigenvalue weighted by Gasteiger charge is 2.33. The number of halogens is 3. The number of alkyl halides is 3. The van der Waals surface area contributed by atoms with Crippen LogP contribution in [0, 0.1) is 12.8 Å². The van der Waals surface area contributed by atoms with E-state index in [1.165, 1.54) is 18.2 Å². The van der Waals surface area contributed by atoms with Gasteiger partial charge in [-0.15, -0.1) is 13.2 Å². The molecule has 1 saturated heterocycles. The molecule has 3 rings (SSSR count). The summed E-state index contributed by atoms with van der Waals surface area (Å²) in [5.74, 6) is 0.490. The van der Waals surface area contributed by atoms with Crippen LogP contribution >= 0.6 is 0 Å². The summed E-state index contributed by atoms with van der Waals surface area (Å²) in [6.45, 7) is 3.37. The highest BCUT2D eigenvalue weighted by atomic mass is 19.4. The van der Waals surface area contributed by atoms with Crippen molar-refractivity contribution in [3.8, 4) is 5.75 Å². The fraction of sp³-hybridized carbons (Fsp3) is 0.471. The summed E-state index contributed by atoms with van der Waals surface area (Å²) < 4.78 is 46.1. The molecule has 0 spiro atoms. The van der Waals surface area contributed by atoms with E-state index in [0.717, 1.165) is 11.5 Å². The van der Waals surface area contributed by atoms with Crippen molar-refractivity contribution in [3.05, 3.63) is 47.3 Å². The maximum Gasteiger partial charge on any atom is 0.573 e. The number of aliphatic hydroxyl groups is 1. The Labute approximate surface area is 143 Å². The first-order valence-electron chi connectivity index (χ1n) is 7.96. The topological polar surface area (TPSA) is 58.7 Å².